The van der Waals surface area contributed by atoms with Crippen LogP contribution in [0, 0.1) is 0 Å². The molecule has 2 N–H and O–H groups in total. The molecule has 1 atom stereocenters. The maximum absolute atomic E-state index is 12.0. The molecule has 0 aliphatic rings. The molecule has 0 spiro atoms. The van der Waals surface area contributed by atoms with Gasteiger partial charge in [-0.05, 0) is 49.7 Å². The molecule has 2 aromatic rings. The summed E-state index contributed by atoms with van der Waals surface area (Å²) >= 11 is 0. The lowest BCUT2D eigenvalue weighted by Gasteiger charge is -2.14. The van der Waals surface area contributed by atoms with Crippen molar-refractivity contribution in [1.29, 1.82) is 0 Å². The van der Waals surface area contributed by atoms with Gasteiger partial charge < -0.3 is 15.4 Å². The quantitative estimate of drug-likeness (QED) is 0.787. The Kier molecular flexibility index (Phi) is 6.63. The van der Waals surface area contributed by atoms with Crippen LogP contribution in [-0.4, -0.2) is 25.6 Å². The number of carbonyl (C=O) groups excluding carboxylic acids is 1. The van der Waals surface area contributed by atoms with E-state index in [0.29, 0.717) is 6.42 Å². The molecule has 4 nitrogen and oxygen atoms in total. The van der Waals surface area contributed by atoms with Gasteiger partial charge in [-0.2, -0.15) is 0 Å². The highest BCUT2D eigenvalue weighted by molar-refractivity contribution is 5.90. The number of nitrogens with one attached hydrogen (secondary N) is 2. The van der Waals surface area contributed by atoms with E-state index >= 15 is 0 Å². The van der Waals surface area contributed by atoms with Gasteiger partial charge in [-0.25, -0.2) is 0 Å². The molecule has 0 saturated heterocycles. The van der Waals surface area contributed by atoms with Gasteiger partial charge in [0.15, 0.2) is 0 Å². The highest BCUT2D eigenvalue weighted by atomic mass is 16.5. The van der Waals surface area contributed by atoms with E-state index < -0.39 is 0 Å². The van der Waals surface area contributed by atoms with Gasteiger partial charge in [-0.1, -0.05) is 30.3 Å². The summed E-state index contributed by atoms with van der Waals surface area (Å²) in [6, 6.07) is 17.7. The lowest BCUT2D eigenvalue weighted by molar-refractivity contribution is -0.116. The summed E-state index contributed by atoms with van der Waals surface area (Å²) in [7, 11) is 1.67. The molecule has 0 heterocycles. The van der Waals surface area contributed by atoms with E-state index in [9.17, 15) is 4.79 Å². The molecule has 0 bridgehead atoms. The fourth-order valence-electron chi connectivity index (χ4n) is 2.34. The van der Waals surface area contributed by atoms with Crippen LogP contribution in [0.2, 0.25) is 0 Å². The highest BCUT2D eigenvalue weighted by Crippen LogP contribution is 2.11. The maximum atomic E-state index is 12.0. The third kappa shape index (κ3) is 6.12. The Bertz CT molecular complexity index is 597. The van der Waals surface area contributed by atoms with Crippen LogP contribution in [0.5, 0.6) is 5.75 Å². The van der Waals surface area contributed by atoms with Crippen LogP contribution >= 0.6 is 0 Å². The number of rotatable bonds is 8. The van der Waals surface area contributed by atoms with Crippen molar-refractivity contribution in [3.8, 4) is 5.75 Å². The topological polar surface area (TPSA) is 50.4 Å². The number of methoxy groups -OCH3 is 1. The minimum atomic E-state index is 0.0284. The van der Waals surface area contributed by atoms with Crippen molar-refractivity contribution in [3.05, 3.63) is 60.2 Å². The molecule has 0 aliphatic carbocycles. The monoisotopic (exact) mass is 312 g/mol. The summed E-state index contributed by atoms with van der Waals surface area (Å²) in [5.41, 5.74) is 2.09. The molecular weight excluding hydrogens is 288 g/mol. The fourth-order valence-corrected chi connectivity index (χ4v) is 2.34. The van der Waals surface area contributed by atoms with Gasteiger partial charge in [0, 0.05) is 18.2 Å². The number of carbonyl (C=O) groups is 1. The molecule has 23 heavy (non-hydrogen) atoms. The highest BCUT2D eigenvalue weighted by Gasteiger charge is 2.08. The molecule has 0 aromatic heterocycles. The molecule has 0 saturated carbocycles. The molecule has 2 aromatic carbocycles. The number of hydrogen-bond acceptors (Lipinski definition) is 3. The standard InChI is InChI=1S/C19H24N2O2/c1-15(14-19(22)21-17-6-4-3-5-7-17)20-13-12-16-8-10-18(23-2)11-9-16/h3-11,15,20H,12-14H2,1-2H3,(H,21,22)/t15-/m0/s1. The predicted octanol–water partition coefficient (Wildman–Crippen LogP) is 3.24. The van der Waals surface area contributed by atoms with E-state index in [-0.39, 0.29) is 11.9 Å². The predicted molar refractivity (Wildman–Crippen MR) is 93.9 cm³/mol. The number of hydrogen-bond donors (Lipinski definition) is 2. The van der Waals surface area contributed by atoms with E-state index in [0.717, 1.165) is 24.4 Å². The van der Waals surface area contributed by atoms with Gasteiger partial charge in [-0.3, -0.25) is 4.79 Å². The minimum Gasteiger partial charge on any atom is -0.497 e. The minimum absolute atomic E-state index is 0.0284. The van der Waals surface area contributed by atoms with Gasteiger partial charge >= 0.3 is 0 Å². The van der Waals surface area contributed by atoms with Gasteiger partial charge in [-0.15, -0.1) is 0 Å². The van der Waals surface area contributed by atoms with E-state index in [1.807, 2.05) is 49.4 Å². The van der Waals surface area contributed by atoms with E-state index in [1.165, 1.54) is 5.56 Å². The van der Waals surface area contributed by atoms with E-state index in [1.54, 1.807) is 7.11 Å². The molecule has 0 aliphatic heterocycles. The van der Waals surface area contributed by atoms with Crippen LogP contribution in [0.4, 0.5) is 5.69 Å². The molecule has 1 amide bonds. The molecule has 0 unspecified atom stereocenters. The Hall–Kier alpha value is -2.33. The van der Waals surface area contributed by atoms with Crippen LogP contribution < -0.4 is 15.4 Å². The lowest BCUT2D eigenvalue weighted by atomic mass is 10.1. The number of anilines is 1. The van der Waals surface area contributed by atoms with E-state index in [4.69, 9.17) is 4.74 Å². The second-order valence-corrected chi connectivity index (χ2v) is 5.57. The fraction of sp³-hybridized carbons (Fsp3) is 0.316. The molecule has 122 valence electrons. The average Bonchev–Trinajstić information content (AvgIpc) is 2.56. The zero-order chi connectivity index (χ0) is 16.5. The Morgan fingerprint density at radius 2 is 1.78 bits per heavy atom. The molecule has 4 heteroatoms. The summed E-state index contributed by atoms with van der Waals surface area (Å²) in [6.07, 6.45) is 1.38. The van der Waals surface area contributed by atoms with Crippen LogP contribution in [0.25, 0.3) is 0 Å². The van der Waals surface area contributed by atoms with Crippen LogP contribution in [-0.2, 0) is 11.2 Å². The summed E-state index contributed by atoms with van der Waals surface area (Å²) in [5.74, 6) is 0.897. The van der Waals surface area contributed by atoms with Gasteiger partial charge in [0.25, 0.3) is 0 Å². The van der Waals surface area contributed by atoms with Crippen molar-refractivity contribution in [1.82, 2.24) is 5.32 Å². The summed E-state index contributed by atoms with van der Waals surface area (Å²) in [5, 5.41) is 6.29. The Balaban J connectivity index is 1.68. The summed E-state index contributed by atoms with van der Waals surface area (Å²) < 4.78 is 5.14. The zero-order valence-electron chi connectivity index (χ0n) is 13.7. The van der Waals surface area contributed by atoms with Crippen LogP contribution in [0.3, 0.4) is 0 Å². The Morgan fingerprint density at radius 1 is 1.09 bits per heavy atom. The first kappa shape index (κ1) is 17.0. The van der Waals surface area contributed by atoms with Crippen LogP contribution in [0.1, 0.15) is 18.9 Å². The molecule has 0 radical (unpaired) electrons. The van der Waals surface area contributed by atoms with Crippen molar-refractivity contribution in [2.75, 3.05) is 19.0 Å². The van der Waals surface area contributed by atoms with Gasteiger partial charge in [0.2, 0.25) is 5.91 Å². The normalized spacial score (nSPS) is 11.7. The number of amides is 1. The maximum Gasteiger partial charge on any atom is 0.225 e. The smallest absolute Gasteiger partial charge is 0.225 e. The Labute approximate surface area is 137 Å². The van der Waals surface area contributed by atoms with Crippen molar-refractivity contribution in [2.24, 2.45) is 0 Å². The van der Waals surface area contributed by atoms with Crippen molar-refractivity contribution in [3.63, 3.8) is 0 Å². The summed E-state index contributed by atoms with van der Waals surface area (Å²) in [4.78, 5) is 12.0. The molecule has 2 rings (SSSR count). The Morgan fingerprint density at radius 3 is 2.43 bits per heavy atom. The summed E-state index contributed by atoms with van der Waals surface area (Å²) in [6.45, 7) is 2.87. The first-order chi connectivity index (χ1) is 11.2. The van der Waals surface area contributed by atoms with E-state index in [2.05, 4.69) is 22.8 Å². The SMILES string of the molecule is COc1ccc(CCN[C@@H](C)CC(=O)Nc2ccccc2)cc1. The van der Waals surface area contributed by atoms with Crippen molar-refractivity contribution >= 4 is 11.6 Å². The molecule has 0 fully saturated rings. The van der Waals surface area contributed by atoms with Crippen molar-refractivity contribution in [2.45, 2.75) is 25.8 Å². The lowest BCUT2D eigenvalue weighted by Crippen LogP contribution is -2.32. The number of ether oxygens (including phenoxy) is 1. The third-order valence-electron chi connectivity index (χ3n) is 3.61. The zero-order valence-corrected chi connectivity index (χ0v) is 13.7. The first-order valence-electron chi connectivity index (χ1n) is 7.88. The number of benzene rings is 2. The van der Waals surface area contributed by atoms with Gasteiger partial charge in [0.1, 0.15) is 5.75 Å². The van der Waals surface area contributed by atoms with Crippen LogP contribution in [0.15, 0.2) is 54.6 Å². The third-order valence-corrected chi connectivity index (χ3v) is 3.61. The van der Waals surface area contributed by atoms with Crippen molar-refractivity contribution < 1.29 is 9.53 Å². The largest absolute Gasteiger partial charge is 0.497 e. The average molecular weight is 312 g/mol. The first-order valence-corrected chi connectivity index (χ1v) is 7.88. The number of para-hydroxylation sites is 1. The second-order valence-electron chi connectivity index (χ2n) is 5.57. The van der Waals surface area contributed by atoms with Gasteiger partial charge in [0.05, 0.1) is 7.11 Å². The second kappa shape index (κ2) is 8.96. The molecular formula is C19H24N2O2.